The number of carbonyl (C=O) groups is 1. The molecule has 0 saturated heterocycles. The topological polar surface area (TPSA) is 41.2 Å². The molecule has 0 radical (unpaired) electrons. The highest BCUT2D eigenvalue weighted by atomic mass is 32.1. The fraction of sp³-hybridized carbons (Fsp3) is 0.125. The molecule has 1 heterocycles. The lowest BCUT2D eigenvalue weighted by atomic mass is 10.1. The van der Waals surface area contributed by atoms with E-state index in [2.05, 4.69) is 23.6 Å². The van der Waals surface area contributed by atoms with E-state index < -0.39 is 5.97 Å². The SMILES string of the molecule is Cc1sc2ccccc2[n+]1Cc1cccc(C(=O)O)c1. The third-order valence-electron chi connectivity index (χ3n) is 3.31. The summed E-state index contributed by atoms with van der Waals surface area (Å²) in [7, 11) is 0. The number of benzene rings is 2. The van der Waals surface area contributed by atoms with Crippen molar-refractivity contribution in [1.82, 2.24) is 0 Å². The molecule has 0 amide bonds. The zero-order chi connectivity index (χ0) is 14.1. The van der Waals surface area contributed by atoms with Gasteiger partial charge in [-0.2, -0.15) is 4.57 Å². The van der Waals surface area contributed by atoms with E-state index in [4.69, 9.17) is 5.11 Å². The predicted octanol–water partition coefficient (Wildman–Crippen LogP) is 3.24. The van der Waals surface area contributed by atoms with Crippen LogP contribution in [0, 0.1) is 6.92 Å². The molecule has 0 aliphatic heterocycles. The van der Waals surface area contributed by atoms with Crippen LogP contribution in [0.1, 0.15) is 20.9 Å². The van der Waals surface area contributed by atoms with Gasteiger partial charge in [0.25, 0.3) is 0 Å². The van der Waals surface area contributed by atoms with Crippen molar-refractivity contribution < 1.29 is 14.5 Å². The molecule has 3 aromatic rings. The van der Waals surface area contributed by atoms with Gasteiger partial charge in [-0.1, -0.05) is 35.6 Å². The first-order chi connectivity index (χ1) is 9.65. The van der Waals surface area contributed by atoms with E-state index in [0.717, 1.165) is 5.56 Å². The summed E-state index contributed by atoms with van der Waals surface area (Å²) in [4.78, 5) is 11.0. The molecule has 0 unspecified atom stereocenters. The molecule has 1 N–H and O–H groups in total. The number of carboxylic acids is 1. The van der Waals surface area contributed by atoms with Gasteiger partial charge in [-0.3, -0.25) is 0 Å². The number of hydrogen-bond acceptors (Lipinski definition) is 2. The van der Waals surface area contributed by atoms with Crippen molar-refractivity contribution >= 4 is 27.5 Å². The Morgan fingerprint density at radius 3 is 2.80 bits per heavy atom. The standard InChI is InChI=1S/C16H13NO2S/c1-11-17(14-7-2-3-8-15(14)20-11)10-12-5-4-6-13(9-12)16(18)19/h2-9H,10H2,1H3/p+1. The van der Waals surface area contributed by atoms with Crippen molar-refractivity contribution in [2.75, 3.05) is 0 Å². The van der Waals surface area contributed by atoms with Crippen LogP contribution in [0.25, 0.3) is 10.2 Å². The highest BCUT2D eigenvalue weighted by Gasteiger charge is 2.17. The maximum Gasteiger partial charge on any atom is 0.335 e. The largest absolute Gasteiger partial charge is 0.478 e. The van der Waals surface area contributed by atoms with Crippen molar-refractivity contribution in [3.8, 4) is 0 Å². The van der Waals surface area contributed by atoms with Crippen molar-refractivity contribution in [3.05, 3.63) is 64.7 Å². The average molecular weight is 284 g/mol. The zero-order valence-electron chi connectivity index (χ0n) is 11.0. The smallest absolute Gasteiger partial charge is 0.335 e. The Kier molecular flexibility index (Phi) is 3.24. The molecule has 20 heavy (non-hydrogen) atoms. The second-order valence-electron chi connectivity index (χ2n) is 4.68. The van der Waals surface area contributed by atoms with Crippen LogP contribution < -0.4 is 4.57 Å². The summed E-state index contributed by atoms with van der Waals surface area (Å²) in [6.07, 6.45) is 0. The molecule has 0 fully saturated rings. The van der Waals surface area contributed by atoms with Crippen LogP contribution in [0.4, 0.5) is 0 Å². The van der Waals surface area contributed by atoms with E-state index in [1.807, 2.05) is 18.2 Å². The lowest BCUT2D eigenvalue weighted by molar-refractivity contribution is -0.664. The van der Waals surface area contributed by atoms with E-state index in [-0.39, 0.29) is 0 Å². The molecule has 0 spiro atoms. The fourth-order valence-corrected chi connectivity index (χ4v) is 3.35. The van der Waals surface area contributed by atoms with Crippen LogP contribution in [0.3, 0.4) is 0 Å². The maximum absolute atomic E-state index is 11.0. The van der Waals surface area contributed by atoms with Crippen molar-refractivity contribution in [1.29, 1.82) is 0 Å². The fourth-order valence-electron chi connectivity index (χ4n) is 2.33. The van der Waals surface area contributed by atoms with Crippen LogP contribution in [0.5, 0.6) is 0 Å². The Morgan fingerprint density at radius 2 is 2.00 bits per heavy atom. The monoisotopic (exact) mass is 284 g/mol. The summed E-state index contributed by atoms with van der Waals surface area (Å²) in [6, 6.07) is 15.4. The Bertz CT molecular complexity index is 792. The van der Waals surface area contributed by atoms with E-state index in [1.165, 1.54) is 15.2 Å². The van der Waals surface area contributed by atoms with Gasteiger partial charge in [-0.25, -0.2) is 4.79 Å². The number of aromatic carboxylic acids is 1. The lowest BCUT2D eigenvalue weighted by Crippen LogP contribution is -2.35. The van der Waals surface area contributed by atoms with Crippen LogP contribution in [-0.2, 0) is 6.54 Å². The Morgan fingerprint density at radius 1 is 1.20 bits per heavy atom. The van der Waals surface area contributed by atoms with E-state index in [1.54, 1.807) is 29.5 Å². The molecule has 3 nitrogen and oxygen atoms in total. The van der Waals surface area contributed by atoms with Crippen LogP contribution in [-0.4, -0.2) is 11.1 Å². The van der Waals surface area contributed by atoms with Gasteiger partial charge >= 0.3 is 5.97 Å². The van der Waals surface area contributed by atoms with Gasteiger partial charge in [0.05, 0.1) is 5.56 Å². The highest BCUT2D eigenvalue weighted by molar-refractivity contribution is 7.18. The summed E-state index contributed by atoms with van der Waals surface area (Å²) >= 11 is 1.76. The molecule has 1 aromatic heterocycles. The third kappa shape index (κ3) is 2.30. The quantitative estimate of drug-likeness (QED) is 0.750. The van der Waals surface area contributed by atoms with Gasteiger partial charge < -0.3 is 5.11 Å². The van der Waals surface area contributed by atoms with Gasteiger partial charge in [-0.05, 0) is 18.2 Å². The van der Waals surface area contributed by atoms with Gasteiger partial charge in [0, 0.05) is 18.6 Å². The maximum atomic E-state index is 11.0. The molecular weight excluding hydrogens is 270 g/mol. The molecular formula is C16H14NO2S+. The van der Waals surface area contributed by atoms with Gasteiger partial charge in [-0.15, -0.1) is 0 Å². The lowest BCUT2D eigenvalue weighted by Gasteiger charge is -2.00. The normalized spacial score (nSPS) is 10.8. The van der Waals surface area contributed by atoms with Gasteiger partial charge in [0.2, 0.25) is 10.5 Å². The number of aryl methyl sites for hydroxylation is 1. The minimum atomic E-state index is -0.885. The zero-order valence-corrected chi connectivity index (χ0v) is 11.9. The van der Waals surface area contributed by atoms with Crippen LogP contribution in [0.15, 0.2) is 48.5 Å². The Hall–Kier alpha value is -2.20. The molecule has 0 bridgehead atoms. The summed E-state index contributed by atoms with van der Waals surface area (Å²) < 4.78 is 3.47. The van der Waals surface area contributed by atoms with E-state index in [0.29, 0.717) is 12.1 Å². The second kappa shape index (κ2) is 5.06. The van der Waals surface area contributed by atoms with E-state index >= 15 is 0 Å². The van der Waals surface area contributed by atoms with Crippen LogP contribution in [0.2, 0.25) is 0 Å². The minimum Gasteiger partial charge on any atom is -0.478 e. The first-order valence-corrected chi connectivity index (χ1v) is 7.17. The first-order valence-electron chi connectivity index (χ1n) is 6.35. The molecule has 0 aliphatic carbocycles. The summed E-state index contributed by atoms with van der Waals surface area (Å²) in [5.74, 6) is -0.885. The van der Waals surface area contributed by atoms with Crippen molar-refractivity contribution in [2.45, 2.75) is 13.5 Å². The van der Waals surface area contributed by atoms with Crippen LogP contribution >= 0.6 is 11.3 Å². The number of aromatic nitrogens is 1. The average Bonchev–Trinajstić information content (AvgIpc) is 2.76. The number of fused-ring (bicyclic) bond motifs is 1. The number of nitrogens with zero attached hydrogens (tertiary/aromatic N) is 1. The summed E-state index contributed by atoms with van der Waals surface area (Å²) in [6.45, 7) is 2.78. The molecule has 0 aliphatic rings. The highest BCUT2D eigenvalue weighted by Crippen LogP contribution is 2.20. The summed E-state index contributed by atoms with van der Waals surface area (Å²) in [5, 5.41) is 10.3. The van der Waals surface area contributed by atoms with E-state index in [9.17, 15) is 4.79 Å². The number of para-hydroxylation sites is 1. The first kappa shape index (κ1) is 12.8. The molecule has 0 atom stereocenters. The minimum absolute atomic E-state index is 0.334. The number of hydrogen-bond donors (Lipinski definition) is 1. The molecule has 3 rings (SSSR count). The molecule has 0 saturated carbocycles. The van der Waals surface area contributed by atoms with Crippen molar-refractivity contribution in [2.24, 2.45) is 0 Å². The summed E-state index contributed by atoms with van der Waals surface area (Å²) in [5.41, 5.74) is 2.53. The predicted molar refractivity (Wildman–Crippen MR) is 79.3 cm³/mol. The molecule has 4 heteroatoms. The Balaban J connectivity index is 2.03. The second-order valence-corrected chi connectivity index (χ2v) is 5.92. The Labute approximate surface area is 120 Å². The number of thiazole rings is 1. The third-order valence-corrected chi connectivity index (χ3v) is 4.39. The van der Waals surface area contributed by atoms with Gasteiger partial charge in [0.15, 0.2) is 6.54 Å². The number of rotatable bonds is 3. The number of carboxylic acid groups (broad SMARTS) is 1. The molecule has 100 valence electrons. The molecule has 2 aromatic carbocycles. The van der Waals surface area contributed by atoms with Crippen molar-refractivity contribution in [3.63, 3.8) is 0 Å². The van der Waals surface area contributed by atoms with Gasteiger partial charge in [0.1, 0.15) is 4.70 Å².